The first-order valence-corrected chi connectivity index (χ1v) is 8.73. The Balaban J connectivity index is 1.44. The maximum Gasteiger partial charge on any atom is 0.321 e. The van der Waals surface area contributed by atoms with Gasteiger partial charge in [-0.1, -0.05) is 0 Å². The molecule has 2 N–H and O–H groups in total. The number of aromatic nitrogens is 2. The lowest BCUT2D eigenvalue weighted by molar-refractivity contribution is 0.183. The highest BCUT2D eigenvalue weighted by atomic mass is 19.1. The number of hydrogen-bond acceptors (Lipinski definition) is 4. The first kappa shape index (κ1) is 18.2. The van der Waals surface area contributed by atoms with Crippen molar-refractivity contribution in [3.63, 3.8) is 0 Å². The van der Waals surface area contributed by atoms with Crippen LogP contribution in [0.5, 0.6) is 0 Å². The van der Waals surface area contributed by atoms with Crippen LogP contribution in [0.2, 0.25) is 0 Å². The van der Waals surface area contributed by atoms with E-state index in [1.54, 1.807) is 41.2 Å². The van der Waals surface area contributed by atoms with Crippen molar-refractivity contribution >= 4 is 17.4 Å². The second kappa shape index (κ2) is 8.66. The highest BCUT2D eigenvalue weighted by molar-refractivity contribution is 5.89. The molecule has 1 aliphatic rings. The summed E-state index contributed by atoms with van der Waals surface area (Å²) in [5.74, 6) is -0.243. The van der Waals surface area contributed by atoms with Gasteiger partial charge in [-0.15, -0.1) is 0 Å². The summed E-state index contributed by atoms with van der Waals surface area (Å²) in [7, 11) is 1.64. The number of methoxy groups -OCH3 is 1. The number of ether oxygens (including phenoxy) is 1. The minimum Gasteiger partial charge on any atom is -0.383 e. The number of hydrogen-bond donors (Lipinski definition) is 2. The van der Waals surface area contributed by atoms with Gasteiger partial charge in [0.2, 0.25) is 0 Å². The van der Waals surface area contributed by atoms with Crippen LogP contribution in [0.15, 0.2) is 36.7 Å². The maximum absolute atomic E-state index is 13.0. The fraction of sp³-hybridized carbons (Fsp3) is 0.444. The molecule has 1 saturated heterocycles. The van der Waals surface area contributed by atoms with E-state index >= 15 is 0 Å². The van der Waals surface area contributed by atoms with E-state index in [2.05, 4.69) is 15.7 Å². The molecule has 1 aromatic heterocycles. The zero-order valence-corrected chi connectivity index (χ0v) is 14.8. The second-order valence-electron chi connectivity index (χ2n) is 6.33. The highest BCUT2D eigenvalue weighted by Crippen LogP contribution is 2.18. The molecule has 0 bridgehead atoms. The van der Waals surface area contributed by atoms with Crippen LogP contribution in [-0.2, 0) is 11.3 Å². The standard InChI is InChI=1S/C18H24FN5O2/c1-26-11-10-24-13-17(12-20-24)22-18(25)23-8-6-16(7-9-23)21-15-4-2-14(19)3-5-15/h2-5,12-13,16,21H,6-11H2,1H3,(H,22,25). The molecule has 0 unspecified atom stereocenters. The lowest BCUT2D eigenvalue weighted by atomic mass is 10.0. The van der Waals surface area contributed by atoms with Gasteiger partial charge in [-0.05, 0) is 37.1 Å². The molecule has 7 nitrogen and oxygen atoms in total. The Labute approximate surface area is 152 Å². The van der Waals surface area contributed by atoms with E-state index in [4.69, 9.17) is 4.74 Å². The zero-order valence-electron chi connectivity index (χ0n) is 14.8. The molecule has 2 aromatic rings. The number of carbonyl (C=O) groups excluding carboxylic acids is 1. The van der Waals surface area contributed by atoms with Crippen molar-refractivity contribution in [3.8, 4) is 0 Å². The van der Waals surface area contributed by atoms with Gasteiger partial charge in [0, 0.05) is 38.1 Å². The van der Waals surface area contributed by atoms with Crippen molar-refractivity contribution < 1.29 is 13.9 Å². The average molecular weight is 361 g/mol. The van der Waals surface area contributed by atoms with Gasteiger partial charge < -0.3 is 20.3 Å². The van der Waals surface area contributed by atoms with Gasteiger partial charge in [-0.2, -0.15) is 5.10 Å². The number of rotatable bonds is 6. The number of nitrogens with zero attached hydrogens (tertiary/aromatic N) is 3. The third-order valence-electron chi connectivity index (χ3n) is 4.41. The second-order valence-corrected chi connectivity index (χ2v) is 6.33. The van der Waals surface area contributed by atoms with Gasteiger partial charge >= 0.3 is 6.03 Å². The minimum absolute atomic E-state index is 0.114. The summed E-state index contributed by atoms with van der Waals surface area (Å²) < 4.78 is 19.7. The molecule has 26 heavy (non-hydrogen) atoms. The fourth-order valence-corrected chi connectivity index (χ4v) is 2.95. The summed E-state index contributed by atoms with van der Waals surface area (Å²) in [4.78, 5) is 14.2. The topological polar surface area (TPSA) is 71.4 Å². The van der Waals surface area contributed by atoms with Gasteiger partial charge in [0.1, 0.15) is 5.82 Å². The van der Waals surface area contributed by atoms with E-state index in [1.807, 2.05) is 0 Å². The van der Waals surface area contributed by atoms with Crippen molar-refractivity contribution in [1.29, 1.82) is 0 Å². The van der Waals surface area contributed by atoms with Crippen LogP contribution in [0, 0.1) is 5.82 Å². The van der Waals surface area contributed by atoms with Crippen LogP contribution >= 0.6 is 0 Å². The van der Waals surface area contributed by atoms with Crippen LogP contribution in [0.4, 0.5) is 20.6 Å². The summed E-state index contributed by atoms with van der Waals surface area (Å²) in [6.45, 7) is 2.56. The van der Waals surface area contributed by atoms with Gasteiger partial charge in [0.05, 0.1) is 25.0 Å². The molecule has 140 valence electrons. The molecule has 1 aromatic carbocycles. The molecule has 1 fully saturated rings. The number of likely N-dealkylation sites (tertiary alicyclic amines) is 1. The summed E-state index contributed by atoms with van der Waals surface area (Å²) >= 11 is 0. The van der Waals surface area contributed by atoms with E-state index < -0.39 is 0 Å². The first-order chi connectivity index (χ1) is 12.6. The first-order valence-electron chi connectivity index (χ1n) is 8.73. The van der Waals surface area contributed by atoms with Crippen LogP contribution in [0.1, 0.15) is 12.8 Å². The molecule has 0 spiro atoms. The lowest BCUT2D eigenvalue weighted by Crippen LogP contribution is -2.44. The maximum atomic E-state index is 13.0. The van der Waals surface area contributed by atoms with E-state index in [0.29, 0.717) is 31.9 Å². The summed E-state index contributed by atoms with van der Waals surface area (Å²) in [5, 5.41) is 10.5. The third-order valence-corrected chi connectivity index (χ3v) is 4.41. The predicted octanol–water partition coefficient (Wildman–Crippen LogP) is 2.78. The fourth-order valence-electron chi connectivity index (χ4n) is 2.95. The molecule has 1 aliphatic heterocycles. The molecule has 2 heterocycles. The van der Waals surface area contributed by atoms with E-state index in [0.717, 1.165) is 18.5 Å². The molecule has 0 radical (unpaired) electrons. The Kier molecular flexibility index (Phi) is 6.06. The predicted molar refractivity (Wildman–Crippen MR) is 97.7 cm³/mol. The monoisotopic (exact) mass is 361 g/mol. The molecule has 8 heteroatoms. The molecule has 0 aliphatic carbocycles. The van der Waals surface area contributed by atoms with Gasteiger partial charge in [0.15, 0.2) is 0 Å². The number of carbonyl (C=O) groups is 1. The number of anilines is 2. The Hall–Kier alpha value is -2.61. The molecule has 0 saturated carbocycles. The quantitative estimate of drug-likeness (QED) is 0.830. The van der Waals surface area contributed by atoms with E-state index in [9.17, 15) is 9.18 Å². The van der Waals surface area contributed by atoms with Crippen LogP contribution in [-0.4, -0.2) is 53.6 Å². The Morgan fingerprint density at radius 2 is 2.00 bits per heavy atom. The van der Waals surface area contributed by atoms with E-state index in [-0.39, 0.29) is 17.9 Å². The zero-order chi connectivity index (χ0) is 18.4. The van der Waals surface area contributed by atoms with Crippen molar-refractivity contribution in [1.82, 2.24) is 14.7 Å². The lowest BCUT2D eigenvalue weighted by Gasteiger charge is -2.32. The average Bonchev–Trinajstić information content (AvgIpc) is 3.10. The Bertz CT molecular complexity index is 711. The Morgan fingerprint density at radius 1 is 1.27 bits per heavy atom. The van der Waals surface area contributed by atoms with Gasteiger partial charge in [0.25, 0.3) is 0 Å². The summed E-state index contributed by atoms with van der Waals surface area (Å²) in [5.41, 5.74) is 1.58. The van der Waals surface area contributed by atoms with E-state index in [1.165, 1.54) is 12.1 Å². The number of halogens is 1. The molecular weight excluding hydrogens is 337 g/mol. The van der Waals surface area contributed by atoms with Crippen molar-refractivity contribution in [3.05, 3.63) is 42.5 Å². The van der Waals surface area contributed by atoms with Crippen molar-refractivity contribution in [2.24, 2.45) is 0 Å². The van der Waals surface area contributed by atoms with Crippen LogP contribution < -0.4 is 10.6 Å². The number of piperidine rings is 1. The SMILES string of the molecule is COCCn1cc(NC(=O)N2CCC(Nc3ccc(F)cc3)CC2)cn1. The number of benzene rings is 1. The number of amides is 2. The summed E-state index contributed by atoms with van der Waals surface area (Å²) in [6.07, 6.45) is 5.12. The Morgan fingerprint density at radius 3 is 2.69 bits per heavy atom. The van der Waals surface area contributed by atoms with Crippen LogP contribution in [0.25, 0.3) is 0 Å². The van der Waals surface area contributed by atoms with Crippen molar-refractivity contribution in [2.45, 2.75) is 25.4 Å². The molecule has 2 amide bonds. The summed E-state index contributed by atoms with van der Waals surface area (Å²) in [6, 6.07) is 6.51. The number of urea groups is 1. The molecular formula is C18H24FN5O2. The molecule has 0 atom stereocenters. The normalized spacial score (nSPS) is 15.1. The van der Waals surface area contributed by atoms with Crippen LogP contribution in [0.3, 0.4) is 0 Å². The van der Waals surface area contributed by atoms with Gasteiger partial charge in [-0.3, -0.25) is 4.68 Å². The van der Waals surface area contributed by atoms with Gasteiger partial charge in [-0.25, -0.2) is 9.18 Å². The molecule has 3 rings (SSSR count). The highest BCUT2D eigenvalue weighted by Gasteiger charge is 2.23. The smallest absolute Gasteiger partial charge is 0.321 e. The van der Waals surface area contributed by atoms with Crippen molar-refractivity contribution in [2.75, 3.05) is 37.4 Å². The number of nitrogens with one attached hydrogen (secondary N) is 2. The third kappa shape index (κ3) is 4.95. The minimum atomic E-state index is -0.243. The largest absolute Gasteiger partial charge is 0.383 e.